The predicted octanol–water partition coefficient (Wildman–Crippen LogP) is 3.01. The smallest absolute Gasteiger partial charge is 0.191 e. The van der Waals surface area contributed by atoms with E-state index < -0.39 is 0 Å². The lowest BCUT2D eigenvalue weighted by molar-refractivity contribution is 0.185. The van der Waals surface area contributed by atoms with Crippen molar-refractivity contribution in [3.63, 3.8) is 0 Å². The lowest BCUT2D eigenvalue weighted by atomic mass is 10.1. The van der Waals surface area contributed by atoms with Crippen LogP contribution in [0.2, 0.25) is 0 Å². The molecule has 122 valence electrons. The van der Waals surface area contributed by atoms with Crippen LogP contribution >= 0.6 is 0 Å². The summed E-state index contributed by atoms with van der Waals surface area (Å²) < 4.78 is 5.12. The van der Waals surface area contributed by atoms with Crippen LogP contribution in [0, 0.1) is 6.92 Å². The maximum atomic E-state index is 5.12. The van der Waals surface area contributed by atoms with E-state index in [4.69, 9.17) is 4.74 Å². The van der Waals surface area contributed by atoms with Gasteiger partial charge in [0.05, 0.1) is 6.61 Å². The van der Waals surface area contributed by atoms with Crippen LogP contribution in [-0.4, -0.2) is 20.1 Å². The van der Waals surface area contributed by atoms with Gasteiger partial charge in [0.2, 0.25) is 0 Å². The molecule has 0 spiro atoms. The number of aliphatic imine (C=N–C) groups is 1. The van der Waals surface area contributed by atoms with Gasteiger partial charge in [0.25, 0.3) is 0 Å². The van der Waals surface area contributed by atoms with Crippen LogP contribution < -0.4 is 10.6 Å². The molecule has 0 aliphatic carbocycles. The topological polar surface area (TPSA) is 45.7 Å². The highest BCUT2D eigenvalue weighted by Crippen LogP contribution is 2.05. The molecule has 2 rings (SSSR count). The molecular weight excluding hydrogens is 286 g/mol. The van der Waals surface area contributed by atoms with E-state index in [1.165, 1.54) is 22.3 Å². The summed E-state index contributed by atoms with van der Waals surface area (Å²) >= 11 is 0. The minimum absolute atomic E-state index is 0.646. The number of nitrogens with zero attached hydrogens (tertiary/aromatic N) is 1. The number of benzene rings is 2. The highest BCUT2D eigenvalue weighted by Gasteiger charge is 2.00. The summed E-state index contributed by atoms with van der Waals surface area (Å²) in [6, 6.07) is 16.9. The van der Waals surface area contributed by atoms with Crippen molar-refractivity contribution in [2.24, 2.45) is 4.99 Å². The van der Waals surface area contributed by atoms with Crippen LogP contribution in [0.1, 0.15) is 22.3 Å². The average molecular weight is 311 g/mol. The molecule has 0 unspecified atom stereocenters. The van der Waals surface area contributed by atoms with E-state index in [0.29, 0.717) is 6.61 Å². The normalized spacial score (nSPS) is 11.3. The molecule has 23 heavy (non-hydrogen) atoms. The van der Waals surface area contributed by atoms with Crippen LogP contribution in [0.25, 0.3) is 0 Å². The summed E-state index contributed by atoms with van der Waals surface area (Å²) in [5, 5.41) is 6.65. The Morgan fingerprint density at radius 2 is 1.35 bits per heavy atom. The Kier molecular flexibility index (Phi) is 6.63. The Balaban J connectivity index is 1.81. The number of guanidine groups is 1. The highest BCUT2D eigenvalue weighted by molar-refractivity contribution is 5.79. The molecule has 0 aromatic heterocycles. The molecule has 0 amide bonds. The van der Waals surface area contributed by atoms with Gasteiger partial charge in [0, 0.05) is 27.2 Å². The van der Waals surface area contributed by atoms with Crippen LogP contribution in [0.4, 0.5) is 0 Å². The van der Waals surface area contributed by atoms with E-state index in [0.717, 1.165) is 19.0 Å². The zero-order chi connectivity index (χ0) is 16.5. The maximum absolute atomic E-state index is 5.12. The van der Waals surface area contributed by atoms with Gasteiger partial charge in [-0.05, 0) is 23.6 Å². The molecule has 2 N–H and O–H groups in total. The van der Waals surface area contributed by atoms with E-state index in [-0.39, 0.29) is 0 Å². The Hall–Kier alpha value is -2.33. The van der Waals surface area contributed by atoms with Crippen molar-refractivity contribution in [1.29, 1.82) is 0 Å². The zero-order valence-electron chi connectivity index (χ0n) is 14.1. The van der Waals surface area contributed by atoms with Crippen molar-refractivity contribution in [1.82, 2.24) is 10.6 Å². The first kappa shape index (κ1) is 17.0. The van der Waals surface area contributed by atoms with Crippen LogP contribution in [0.3, 0.4) is 0 Å². The molecule has 0 aliphatic heterocycles. The zero-order valence-corrected chi connectivity index (χ0v) is 14.1. The second-order valence-electron chi connectivity index (χ2n) is 5.51. The Labute approximate surface area is 138 Å². The SMILES string of the molecule is CN=C(NCc1ccc(C)cc1)NCc1ccc(COC)cc1. The summed E-state index contributed by atoms with van der Waals surface area (Å²) in [4.78, 5) is 4.26. The van der Waals surface area contributed by atoms with Crippen molar-refractivity contribution in [2.45, 2.75) is 26.6 Å². The van der Waals surface area contributed by atoms with E-state index >= 15 is 0 Å². The first-order valence-electron chi connectivity index (χ1n) is 7.78. The standard InChI is InChI=1S/C19H25N3O/c1-15-4-6-16(7-5-15)12-21-19(20-2)22-13-17-8-10-18(11-9-17)14-23-3/h4-11H,12-14H2,1-3H3,(H2,20,21,22). The van der Waals surface area contributed by atoms with E-state index in [1.807, 2.05) is 0 Å². The number of rotatable bonds is 6. The van der Waals surface area contributed by atoms with Gasteiger partial charge < -0.3 is 15.4 Å². The summed E-state index contributed by atoms with van der Waals surface area (Å²) in [7, 11) is 3.49. The third kappa shape index (κ3) is 5.75. The first-order valence-corrected chi connectivity index (χ1v) is 7.78. The highest BCUT2D eigenvalue weighted by atomic mass is 16.5. The quantitative estimate of drug-likeness (QED) is 0.637. The summed E-state index contributed by atoms with van der Waals surface area (Å²) in [5.41, 5.74) is 4.90. The lowest BCUT2D eigenvalue weighted by Crippen LogP contribution is -2.36. The van der Waals surface area contributed by atoms with Gasteiger partial charge in [-0.25, -0.2) is 0 Å². The molecule has 0 aliphatic rings. The Morgan fingerprint density at radius 3 is 1.83 bits per heavy atom. The number of aryl methyl sites for hydroxylation is 1. The second-order valence-corrected chi connectivity index (χ2v) is 5.51. The van der Waals surface area contributed by atoms with Gasteiger partial charge in [0.15, 0.2) is 5.96 Å². The molecule has 2 aromatic rings. The largest absolute Gasteiger partial charge is 0.380 e. The van der Waals surface area contributed by atoms with Crippen LogP contribution in [0.15, 0.2) is 53.5 Å². The van der Waals surface area contributed by atoms with E-state index in [1.54, 1.807) is 14.2 Å². The van der Waals surface area contributed by atoms with Crippen molar-refractivity contribution in [3.8, 4) is 0 Å². The number of ether oxygens (including phenoxy) is 1. The third-order valence-corrected chi connectivity index (χ3v) is 3.60. The Bertz CT molecular complexity index is 618. The summed E-state index contributed by atoms with van der Waals surface area (Å²) in [6.07, 6.45) is 0. The fraction of sp³-hybridized carbons (Fsp3) is 0.316. The van der Waals surface area contributed by atoms with Crippen LogP contribution in [-0.2, 0) is 24.4 Å². The number of methoxy groups -OCH3 is 1. The van der Waals surface area contributed by atoms with Crippen molar-refractivity contribution in [2.75, 3.05) is 14.2 Å². The Morgan fingerprint density at radius 1 is 0.870 bits per heavy atom. The molecule has 4 nitrogen and oxygen atoms in total. The van der Waals surface area contributed by atoms with Crippen molar-refractivity contribution >= 4 is 5.96 Å². The fourth-order valence-electron chi connectivity index (χ4n) is 2.22. The number of hydrogen-bond donors (Lipinski definition) is 2. The molecule has 0 atom stereocenters. The minimum Gasteiger partial charge on any atom is -0.380 e. The minimum atomic E-state index is 0.646. The lowest BCUT2D eigenvalue weighted by Gasteiger charge is -2.12. The van der Waals surface area contributed by atoms with Gasteiger partial charge in [-0.15, -0.1) is 0 Å². The molecule has 0 saturated heterocycles. The molecule has 0 saturated carbocycles. The van der Waals surface area contributed by atoms with Gasteiger partial charge in [-0.1, -0.05) is 54.1 Å². The molecular formula is C19H25N3O. The maximum Gasteiger partial charge on any atom is 0.191 e. The number of hydrogen-bond acceptors (Lipinski definition) is 2. The predicted molar refractivity (Wildman–Crippen MR) is 95.4 cm³/mol. The molecule has 0 fully saturated rings. The fourth-order valence-corrected chi connectivity index (χ4v) is 2.22. The first-order chi connectivity index (χ1) is 11.2. The van der Waals surface area contributed by atoms with Gasteiger partial charge >= 0.3 is 0 Å². The molecule has 4 heteroatoms. The van der Waals surface area contributed by atoms with Crippen molar-refractivity contribution in [3.05, 3.63) is 70.8 Å². The van der Waals surface area contributed by atoms with E-state index in [9.17, 15) is 0 Å². The monoisotopic (exact) mass is 311 g/mol. The molecule has 2 aromatic carbocycles. The van der Waals surface area contributed by atoms with Gasteiger partial charge in [-0.3, -0.25) is 4.99 Å². The number of nitrogens with one attached hydrogen (secondary N) is 2. The van der Waals surface area contributed by atoms with E-state index in [2.05, 4.69) is 71.1 Å². The van der Waals surface area contributed by atoms with Crippen molar-refractivity contribution < 1.29 is 4.74 Å². The summed E-state index contributed by atoms with van der Waals surface area (Å²) in [5.74, 6) is 0.798. The summed E-state index contributed by atoms with van der Waals surface area (Å²) in [6.45, 7) is 4.23. The second kappa shape index (κ2) is 8.96. The van der Waals surface area contributed by atoms with Gasteiger partial charge in [-0.2, -0.15) is 0 Å². The molecule has 0 heterocycles. The molecule has 0 radical (unpaired) electrons. The molecule has 0 bridgehead atoms. The van der Waals surface area contributed by atoms with Crippen LogP contribution in [0.5, 0.6) is 0 Å². The van der Waals surface area contributed by atoms with Gasteiger partial charge in [0.1, 0.15) is 0 Å². The third-order valence-electron chi connectivity index (χ3n) is 3.60. The average Bonchev–Trinajstić information content (AvgIpc) is 2.58.